The molecule has 3 nitrogen and oxygen atoms in total. The van der Waals surface area contributed by atoms with E-state index in [1.54, 1.807) is 0 Å². The topological polar surface area (TPSA) is 45.9 Å². The van der Waals surface area contributed by atoms with E-state index >= 15 is 0 Å². The highest BCUT2D eigenvalue weighted by Gasteiger charge is 2.45. The number of nitrogens with zero attached hydrogens (tertiary/aromatic N) is 2. The highest BCUT2D eigenvalue weighted by atomic mass is 16.5. The van der Waals surface area contributed by atoms with Crippen LogP contribution in [-0.4, -0.2) is 4.98 Å². The maximum Gasteiger partial charge on any atom is 0.112 e. The molecule has 2 aliphatic rings. The average Bonchev–Trinajstić information content (AvgIpc) is 2.69. The normalized spacial score (nSPS) is 32.3. The zero-order chi connectivity index (χ0) is 11.0. The van der Waals surface area contributed by atoms with E-state index in [1.807, 2.05) is 12.3 Å². The van der Waals surface area contributed by atoms with Crippen molar-refractivity contribution in [2.75, 3.05) is 0 Å². The molecule has 1 aliphatic heterocycles. The van der Waals surface area contributed by atoms with Crippen molar-refractivity contribution in [2.24, 2.45) is 5.92 Å². The van der Waals surface area contributed by atoms with E-state index in [2.05, 4.69) is 17.1 Å². The summed E-state index contributed by atoms with van der Waals surface area (Å²) in [5.41, 5.74) is 2.02. The Hall–Kier alpha value is -1.40. The van der Waals surface area contributed by atoms with Gasteiger partial charge >= 0.3 is 0 Å². The van der Waals surface area contributed by atoms with Gasteiger partial charge in [-0.25, -0.2) is 0 Å². The van der Waals surface area contributed by atoms with E-state index in [4.69, 9.17) is 10.00 Å². The van der Waals surface area contributed by atoms with E-state index < -0.39 is 0 Å². The third-order valence-corrected chi connectivity index (χ3v) is 3.72. The van der Waals surface area contributed by atoms with Crippen LogP contribution in [0.4, 0.5) is 0 Å². The Morgan fingerprint density at radius 1 is 1.56 bits per heavy atom. The van der Waals surface area contributed by atoms with Crippen LogP contribution in [0.25, 0.3) is 0 Å². The molecular formula is C13H14N2O. The zero-order valence-corrected chi connectivity index (χ0v) is 9.15. The summed E-state index contributed by atoms with van der Waals surface area (Å²) in [6.07, 6.45) is 5.71. The fourth-order valence-electron chi connectivity index (χ4n) is 2.94. The second kappa shape index (κ2) is 3.57. The van der Waals surface area contributed by atoms with Gasteiger partial charge in [-0.05, 0) is 31.7 Å². The molecule has 1 aliphatic carbocycles. The monoisotopic (exact) mass is 214 g/mol. The maximum absolute atomic E-state index is 9.06. The number of fused-ring (bicyclic) bond motifs is 2. The van der Waals surface area contributed by atoms with Crippen LogP contribution in [0.5, 0.6) is 0 Å². The first kappa shape index (κ1) is 9.80. The lowest BCUT2D eigenvalue weighted by Gasteiger charge is -2.34. The lowest BCUT2D eigenvalue weighted by molar-refractivity contribution is -0.0738. The van der Waals surface area contributed by atoms with Gasteiger partial charge in [0.15, 0.2) is 0 Å². The smallest absolute Gasteiger partial charge is 0.112 e. The lowest BCUT2D eigenvalue weighted by atomic mass is 9.76. The molecule has 3 rings (SSSR count). The Morgan fingerprint density at radius 3 is 3.38 bits per heavy atom. The molecule has 0 amide bonds. The number of ether oxygens (including phenoxy) is 1. The summed E-state index contributed by atoms with van der Waals surface area (Å²) in [4.78, 5) is 4.47. The van der Waals surface area contributed by atoms with Crippen LogP contribution >= 0.6 is 0 Å². The minimum absolute atomic E-state index is 0.127. The van der Waals surface area contributed by atoms with E-state index in [0.717, 1.165) is 31.4 Å². The van der Waals surface area contributed by atoms with Crippen LogP contribution in [0.3, 0.4) is 0 Å². The molecule has 0 N–H and O–H groups in total. The van der Waals surface area contributed by atoms with Crippen molar-refractivity contribution in [3.63, 3.8) is 0 Å². The first-order valence-electron chi connectivity index (χ1n) is 5.82. The van der Waals surface area contributed by atoms with Gasteiger partial charge in [-0.1, -0.05) is 6.07 Å². The Kier molecular flexibility index (Phi) is 2.19. The van der Waals surface area contributed by atoms with Crippen LogP contribution in [0.1, 0.15) is 36.9 Å². The molecule has 1 saturated carbocycles. The third kappa shape index (κ3) is 1.34. The molecule has 3 heteroatoms. The van der Waals surface area contributed by atoms with Crippen LogP contribution in [0.15, 0.2) is 18.3 Å². The van der Waals surface area contributed by atoms with Crippen LogP contribution in [0.2, 0.25) is 0 Å². The Bertz CT molecular complexity index is 447. The highest BCUT2D eigenvalue weighted by Crippen LogP contribution is 2.47. The maximum atomic E-state index is 9.06. The van der Waals surface area contributed by atoms with Gasteiger partial charge in [-0.2, -0.15) is 5.26 Å². The van der Waals surface area contributed by atoms with Gasteiger partial charge in [0.1, 0.15) is 5.60 Å². The number of hydrogen-bond donors (Lipinski definition) is 0. The Balaban J connectivity index is 1.99. The summed E-state index contributed by atoms with van der Waals surface area (Å²) < 4.78 is 5.97. The first-order chi connectivity index (χ1) is 7.84. The van der Waals surface area contributed by atoms with Gasteiger partial charge in [0, 0.05) is 17.7 Å². The van der Waals surface area contributed by atoms with E-state index in [-0.39, 0.29) is 11.5 Å². The van der Waals surface area contributed by atoms with Crippen molar-refractivity contribution >= 4 is 0 Å². The van der Waals surface area contributed by atoms with E-state index in [1.165, 1.54) is 5.56 Å². The summed E-state index contributed by atoms with van der Waals surface area (Å²) in [7, 11) is 0. The highest BCUT2D eigenvalue weighted by molar-refractivity contribution is 5.29. The molecular weight excluding hydrogens is 200 g/mol. The molecule has 82 valence electrons. The molecule has 0 radical (unpaired) electrons. The lowest BCUT2D eigenvalue weighted by Crippen LogP contribution is -2.32. The van der Waals surface area contributed by atoms with Crippen molar-refractivity contribution in [1.82, 2.24) is 4.98 Å². The molecule has 2 heterocycles. The quantitative estimate of drug-likeness (QED) is 0.666. The standard InChI is InChI=1S/C13H14N2O/c14-8-10-3-1-5-13(7-10)12-11(9-16-13)4-2-6-15-12/h2,4,6,10H,1,3,5,7,9H2. The van der Waals surface area contributed by atoms with Gasteiger partial charge < -0.3 is 4.74 Å². The third-order valence-electron chi connectivity index (χ3n) is 3.72. The van der Waals surface area contributed by atoms with Crippen molar-refractivity contribution in [3.05, 3.63) is 29.6 Å². The second-order valence-electron chi connectivity index (χ2n) is 4.72. The number of pyridine rings is 1. The molecule has 2 atom stereocenters. The molecule has 16 heavy (non-hydrogen) atoms. The van der Waals surface area contributed by atoms with Crippen molar-refractivity contribution < 1.29 is 4.74 Å². The number of rotatable bonds is 0. The largest absolute Gasteiger partial charge is 0.364 e. The summed E-state index contributed by atoms with van der Waals surface area (Å²) in [5.74, 6) is 0.127. The van der Waals surface area contributed by atoms with Gasteiger partial charge in [0.05, 0.1) is 18.4 Å². The SMILES string of the molecule is N#CC1CCCC2(C1)OCc1cccnc12. The van der Waals surface area contributed by atoms with Gasteiger partial charge in [-0.15, -0.1) is 0 Å². The molecule has 1 spiro atoms. The minimum atomic E-state index is -0.255. The van der Waals surface area contributed by atoms with Crippen molar-refractivity contribution in [2.45, 2.75) is 37.9 Å². The van der Waals surface area contributed by atoms with Gasteiger partial charge in [0.25, 0.3) is 0 Å². The molecule has 1 fully saturated rings. The zero-order valence-electron chi connectivity index (χ0n) is 9.15. The van der Waals surface area contributed by atoms with Crippen LogP contribution < -0.4 is 0 Å². The summed E-state index contributed by atoms with van der Waals surface area (Å²) in [6, 6.07) is 6.40. The predicted molar refractivity (Wildman–Crippen MR) is 58.3 cm³/mol. The number of nitriles is 1. The van der Waals surface area contributed by atoms with Gasteiger partial charge in [-0.3, -0.25) is 4.98 Å². The van der Waals surface area contributed by atoms with Crippen LogP contribution in [0, 0.1) is 17.2 Å². The molecule has 0 bridgehead atoms. The first-order valence-corrected chi connectivity index (χ1v) is 5.82. The molecule has 2 unspecified atom stereocenters. The average molecular weight is 214 g/mol. The Morgan fingerprint density at radius 2 is 2.50 bits per heavy atom. The van der Waals surface area contributed by atoms with Gasteiger partial charge in [0.2, 0.25) is 0 Å². The second-order valence-corrected chi connectivity index (χ2v) is 4.72. The molecule has 0 aromatic carbocycles. The molecule has 1 aromatic heterocycles. The summed E-state index contributed by atoms with van der Waals surface area (Å²) in [5, 5.41) is 9.06. The summed E-state index contributed by atoms with van der Waals surface area (Å²) in [6.45, 7) is 0.654. The Labute approximate surface area is 95.1 Å². The van der Waals surface area contributed by atoms with E-state index in [0.29, 0.717) is 6.61 Å². The van der Waals surface area contributed by atoms with Crippen molar-refractivity contribution in [1.29, 1.82) is 5.26 Å². The summed E-state index contributed by atoms with van der Waals surface area (Å²) >= 11 is 0. The predicted octanol–water partition coefficient (Wildman–Crippen LogP) is 2.52. The number of aromatic nitrogens is 1. The number of hydrogen-bond acceptors (Lipinski definition) is 3. The fourth-order valence-corrected chi connectivity index (χ4v) is 2.94. The van der Waals surface area contributed by atoms with Crippen LogP contribution in [-0.2, 0) is 16.9 Å². The minimum Gasteiger partial charge on any atom is -0.364 e. The molecule has 0 saturated heterocycles. The van der Waals surface area contributed by atoms with Crippen molar-refractivity contribution in [3.8, 4) is 6.07 Å². The fraction of sp³-hybridized carbons (Fsp3) is 0.538. The van der Waals surface area contributed by atoms with E-state index in [9.17, 15) is 0 Å². The molecule has 1 aromatic rings.